The third kappa shape index (κ3) is 3.25. The third-order valence-electron chi connectivity index (χ3n) is 6.09. The molecule has 0 radical (unpaired) electrons. The summed E-state index contributed by atoms with van der Waals surface area (Å²) in [5.41, 5.74) is 7.38. The number of hydrogen-bond acceptors (Lipinski definition) is 3. The summed E-state index contributed by atoms with van der Waals surface area (Å²) >= 11 is 0. The molecule has 3 aliphatic carbocycles. The summed E-state index contributed by atoms with van der Waals surface area (Å²) in [5.74, 6) is 0.731. The lowest BCUT2D eigenvalue weighted by molar-refractivity contribution is -0.118. The first kappa shape index (κ1) is 17.2. The van der Waals surface area contributed by atoms with Gasteiger partial charge >= 0.3 is 0 Å². The van der Waals surface area contributed by atoms with Crippen molar-refractivity contribution in [3.05, 3.63) is 41.7 Å². The van der Waals surface area contributed by atoms with Crippen LogP contribution >= 0.6 is 0 Å². The molecule has 3 saturated carbocycles. The van der Waals surface area contributed by atoms with Gasteiger partial charge in [-0.05, 0) is 61.6 Å². The van der Waals surface area contributed by atoms with Crippen LogP contribution in [0.4, 0.5) is 4.39 Å². The van der Waals surface area contributed by atoms with E-state index in [2.05, 4.69) is 12.1 Å². The van der Waals surface area contributed by atoms with Crippen LogP contribution in [0.5, 0.6) is 5.75 Å². The predicted molar refractivity (Wildman–Crippen MR) is 92.7 cm³/mol. The maximum Gasteiger partial charge on any atom is 0.126 e. The van der Waals surface area contributed by atoms with Gasteiger partial charge in [0.15, 0.2) is 0 Å². The number of carbonyl (C=O) groups is 1. The Balaban J connectivity index is 1.70. The molecule has 0 atom stereocenters. The number of ether oxygens (including phenoxy) is 1. The van der Waals surface area contributed by atoms with Crippen LogP contribution in [0.1, 0.15) is 50.5 Å². The highest BCUT2D eigenvalue weighted by atomic mass is 19.1. The summed E-state index contributed by atoms with van der Waals surface area (Å²) < 4.78 is 18.1. The molecule has 0 saturated heterocycles. The Morgan fingerprint density at radius 2 is 1.83 bits per heavy atom. The quantitative estimate of drug-likeness (QED) is 0.800. The minimum Gasteiger partial charge on any atom is -0.489 e. The molecular formula is C20H26FNO2. The lowest BCUT2D eigenvalue weighted by Crippen LogP contribution is -2.34. The number of nitrogens with two attached hydrogens (primary N) is 1. The van der Waals surface area contributed by atoms with Crippen molar-refractivity contribution in [3.63, 3.8) is 0 Å². The zero-order valence-corrected chi connectivity index (χ0v) is 14.1. The first-order chi connectivity index (χ1) is 11.7. The molecule has 0 unspecified atom stereocenters. The van der Waals surface area contributed by atoms with E-state index < -0.39 is 0 Å². The van der Waals surface area contributed by atoms with Gasteiger partial charge in [-0.25, -0.2) is 4.39 Å². The van der Waals surface area contributed by atoms with Crippen molar-refractivity contribution in [2.75, 3.05) is 13.2 Å². The van der Waals surface area contributed by atoms with Crippen molar-refractivity contribution in [1.82, 2.24) is 0 Å². The van der Waals surface area contributed by atoms with Gasteiger partial charge < -0.3 is 15.3 Å². The SMILES string of the molecule is NC/C(=C\F)COc1ccc(C23CCCC(C=O)(CC2)CC3)cc1. The standard InChI is InChI=1S/C20H26FNO2/c21-12-16(13-22)14-24-18-4-2-17(3-5-18)20-7-1-6-19(15-23,8-10-20)9-11-20/h2-5,12,15H,1,6-11,13-14,22H2/b16-12+. The van der Waals surface area contributed by atoms with Crippen molar-refractivity contribution >= 4 is 6.29 Å². The fraction of sp³-hybridized carbons (Fsp3) is 0.550. The largest absolute Gasteiger partial charge is 0.489 e. The second-order valence-corrected chi connectivity index (χ2v) is 7.40. The molecule has 4 rings (SSSR count). The first-order valence-corrected chi connectivity index (χ1v) is 8.83. The molecule has 3 fully saturated rings. The molecule has 2 bridgehead atoms. The number of hydrogen-bond donors (Lipinski definition) is 1. The van der Waals surface area contributed by atoms with Gasteiger partial charge in [0, 0.05) is 17.5 Å². The monoisotopic (exact) mass is 331 g/mol. The Labute approximate surface area is 143 Å². The second kappa shape index (κ2) is 7.06. The average Bonchev–Trinajstić information content (AvgIpc) is 2.95. The summed E-state index contributed by atoms with van der Waals surface area (Å²) in [7, 11) is 0. The molecule has 1 aromatic carbocycles. The van der Waals surface area contributed by atoms with E-state index in [0.29, 0.717) is 11.9 Å². The molecular weight excluding hydrogens is 305 g/mol. The lowest BCUT2D eigenvalue weighted by Gasteiger charge is -2.41. The van der Waals surface area contributed by atoms with E-state index in [0.717, 1.165) is 50.7 Å². The Kier molecular flexibility index (Phi) is 5.04. The molecule has 130 valence electrons. The highest BCUT2D eigenvalue weighted by molar-refractivity contribution is 5.60. The normalized spacial score (nSPS) is 30.0. The lowest BCUT2D eigenvalue weighted by atomic mass is 9.63. The summed E-state index contributed by atoms with van der Waals surface area (Å²) in [6.07, 6.45) is 9.25. The number of benzene rings is 1. The zero-order chi connectivity index (χ0) is 17.0. The van der Waals surface area contributed by atoms with E-state index in [9.17, 15) is 9.18 Å². The maximum absolute atomic E-state index is 12.5. The van der Waals surface area contributed by atoms with Gasteiger partial charge in [0.05, 0.1) is 6.33 Å². The number of carbonyl (C=O) groups excluding carboxylic acids is 1. The van der Waals surface area contributed by atoms with E-state index in [4.69, 9.17) is 10.5 Å². The van der Waals surface area contributed by atoms with Gasteiger partial charge in [-0.3, -0.25) is 0 Å². The topological polar surface area (TPSA) is 52.3 Å². The van der Waals surface area contributed by atoms with Crippen molar-refractivity contribution in [2.45, 2.75) is 50.4 Å². The number of halogens is 1. The molecule has 0 spiro atoms. The minimum atomic E-state index is -0.0552. The number of rotatable bonds is 6. The second-order valence-electron chi connectivity index (χ2n) is 7.40. The molecule has 3 aliphatic rings. The van der Waals surface area contributed by atoms with Gasteiger partial charge in [0.1, 0.15) is 18.6 Å². The Morgan fingerprint density at radius 1 is 1.12 bits per heavy atom. The van der Waals surface area contributed by atoms with Crippen molar-refractivity contribution in [2.24, 2.45) is 11.1 Å². The first-order valence-electron chi connectivity index (χ1n) is 8.83. The van der Waals surface area contributed by atoms with Crippen LogP contribution in [0.3, 0.4) is 0 Å². The number of aldehydes is 1. The summed E-state index contributed by atoms with van der Waals surface area (Å²) in [5, 5.41) is 0. The fourth-order valence-electron chi connectivity index (χ4n) is 4.33. The molecule has 4 heteroatoms. The molecule has 0 heterocycles. The van der Waals surface area contributed by atoms with Gasteiger partial charge in [0.2, 0.25) is 0 Å². The summed E-state index contributed by atoms with van der Waals surface area (Å²) in [4.78, 5) is 11.5. The molecule has 0 aromatic heterocycles. The minimum absolute atomic E-state index is 0.0552. The highest BCUT2D eigenvalue weighted by Crippen LogP contribution is 2.54. The van der Waals surface area contributed by atoms with E-state index in [1.807, 2.05) is 12.1 Å². The average molecular weight is 331 g/mol. The molecule has 3 nitrogen and oxygen atoms in total. The van der Waals surface area contributed by atoms with Crippen LogP contribution in [-0.4, -0.2) is 19.4 Å². The Hall–Kier alpha value is -1.68. The van der Waals surface area contributed by atoms with Gasteiger partial charge in [-0.1, -0.05) is 18.6 Å². The van der Waals surface area contributed by atoms with Crippen molar-refractivity contribution < 1.29 is 13.9 Å². The summed E-state index contributed by atoms with van der Waals surface area (Å²) in [6, 6.07) is 8.19. The van der Waals surface area contributed by atoms with Crippen molar-refractivity contribution in [3.8, 4) is 5.75 Å². The fourth-order valence-corrected chi connectivity index (χ4v) is 4.33. The zero-order valence-electron chi connectivity index (χ0n) is 14.1. The van der Waals surface area contributed by atoms with Crippen LogP contribution in [0.15, 0.2) is 36.2 Å². The molecule has 2 N–H and O–H groups in total. The third-order valence-corrected chi connectivity index (χ3v) is 6.09. The van der Waals surface area contributed by atoms with Crippen LogP contribution in [0.25, 0.3) is 0 Å². The Bertz CT molecular complexity index is 601. The van der Waals surface area contributed by atoms with Crippen molar-refractivity contribution in [1.29, 1.82) is 0 Å². The van der Waals surface area contributed by atoms with Crippen LogP contribution < -0.4 is 10.5 Å². The van der Waals surface area contributed by atoms with E-state index in [1.54, 1.807) is 0 Å². The summed E-state index contributed by atoms with van der Waals surface area (Å²) in [6.45, 7) is 0.343. The van der Waals surface area contributed by atoms with Crippen LogP contribution in [-0.2, 0) is 10.2 Å². The molecule has 1 aromatic rings. The van der Waals surface area contributed by atoms with Gasteiger partial charge in [-0.15, -0.1) is 0 Å². The Morgan fingerprint density at radius 3 is 2.42 bits per heavy atom. The van der Waals surface area contributed by atoms with E-state index >= 15 is 0 Å². The van der Waals surface area contributed by atoms with Gasteiger partial charge in [-0.2, -0.15) is 0 Å². The molecule has 0 amide bonds. The predicted octanol–water partition coefficient (Wildman–Crippen LogP) is 4.06. The van der Waals surface area contributed by atoms with Crippen LogP contribution in [0.2, 0.25) is 0 Å². The highest BCUT2D eigenvalue weighted by Gasteiger charge is 2.46. The number of fused-ring (bicyclic) bond motifs is 4. The smallest absolute Gasteiger partial charge is 0.126 e. The van der Waals surface area contributed by atoms with E-state index in [-0.39, 0.29) is 24.0 Å². The van der Waals surface area contributed by atoms with Gasteiger partial charge in [0.25, 0.3) is 0 Å². The molecule has 24 heavy (non-hydrogen) atoms. The van der Waals surface area contributed by atoms with Crippen LogP contribution in [0, 0.1) is 5.41 Å². The maximum atomic E-state index is 12.5. The molecule has 0 aliphatic heterocycles. The van der Waals surface area contributed by atoms with E-state index in [1.165, 1.54) is 11.8 Å².